The normalized spacial score (nSPS) is 11.9. The molecule has 7 nitrogen and oxygen atoms in total. The lowest BCUT2D eigenvalue weighted by atomic mass is 10.0. The van der Waals surface area contributed by atoms with E-state index in [1.165, 1.54) is 4.57 Å². The van der Waals surface area contributed by atoms with Gasteiger partial charge in [0.15, 0.2) is 0 Å². The summed E-state index contributed by atoms with van der Waals surface area (Å²) in [4.78, 5) is 43.3. The Morgan fingerprint density at radius 3 is 2.41 bits per heavy atom. The van der Waals surface area contributed by atoms with Crippen LogP contribution < -0.4 is 5.56 Å². The van der Waals surface area contributed by atoms with Gasteiger partial charge in [-0.1, -0.05) is 13.8 Å². The van der Waals surface area contributed by atoms with E-state index in [0.29, 0.717) is 33.1 Å². The van der Waals surface area contributed by atoms with Crippen LogP contribution in [0.25, 0.3) is 10.2 Å². The second-order valence-corrected chi connectivity index (χ2v) is 8.31. The van der Waals surface area contributed by atoms with Crippen LogP contribution >= 0.6 is 11.3 Å². The molecule has 0 radical (unpaired) electrons. The first-order chi connectivity index (χ1) is 12.5. The Kier molecular flexibility index (Phi) is 6.09. The molecule has 27 heavy (non-hydrogen) atoms. The van der Waals surface area contributed by atoms with Gasteiger partial charge in [-0.3, -0.25) is 9.36 Å². The van der Waals surface area contributed by atoms with Gasteiger partial charge in [-0.25, -0.2) is 14.6 Å². The SMILES string of the molecule is CCOC(=O)C(C)(C)n1c(C)nc2sc(C(=O)OCC(C)C)c(C)c2c1=O. The van der Waals surface area contributed by atoms with Crippen molar-refractivity contribution in [3.05, 3.63) is 26.6 Å². The van der Waals surface area contributed by atoms with Crippen molar-refractivity contribution in [2.75, 3.05) is 13.2 Å². The molecule has 8 heteroatoms. The molecular weight excluding hydrogens is 368 g/mol. The lowest BCUT2D eigenvalue weighted by Crippen LogP contribution is -2.45. The molecule has 0 N–H and O–H groups in total. The van der Waals surface area contributed by atoms with Crippen molar-refractivity contribution in [3.63, 3.8) is 0 Å². The minimum absolute atomic E-state index is 0.214. The molecule has 2 heterocycles. The fraction of sp³-hybridized carbons (Fsp3) is 0.579. The second-order valence-electron chi connectivity index (χ2n) is 7.31. The van der Waals surface area contributed by atoms with E-state index in [-0.39, 0.29) is 18.1 Å². The smallest absolute Gasteiger partial charge is 0.348 e. The van der Waals surface area contributed by atoms with Gasteiger partial charge in [0.05, 0.1) is 18.6 Å². The van der Waals surface area contributed by atoms with Crippen LogP contribution in [0.5, 0.6) is 0 Å². The number of aromatic nitrogens is 2. The Hall–Kier alpha value is -2.22. The number of esters is 2. The molecule has 0 aliphatic carbocycles. The lowest BCUT2D eigenvalue weighted by molar-refractivity contribution is -0.152. The second kappa shape index (κ2) is 7.80. The highest BCUT2D eigenvalue weighted by atomic mass is 32.1. The first-order valence-corrected chi connectivity index (χ1v) is 9.71. The first-order valence-electron chi connectivity index (χ1n) is 8.89. The summed E-state index contributed by atoms with van der Waals surface area (Å²) in [7, 11) is 0. The number of rotatable bonds is 6. The molecule has 0 aliphatic heterocycles. The van der Waals surface area contributed by atoms with Crippen LogP contribution in [-0.2, 0) is 19.8 Å². The standard InChI is InChI=1S/C19H26N2O5S/c1-8-25-18(24)19(6,7)21-12(5)20-15-13(16(21)22)11(4)14(27-15)17(23)26-9-10(2)3/h10H,8-9H2,1-7H3. The highest BCUT2D eigenvalue weighted by molar-refractivity contribution is 7.20. The van der Waals surface area contributed by atoms with Crippen LogP contribution in [0.4, 0.5) is 0 Å². The zero-order valence-corrected chi connectivity index (χ0v) is 17.7. The molecule has 0 unspecified atom stereocenters. The Morgan fingerprint density at radius 1 is 1.22 bits per heavy atom. The molecule has 0 saturated carbocycles. The molecule has 0 amide bonds. The van der Waals surface area contributed by atoms with Gasteiger partial charge in [-0.05, 0) is 46.1 Å². The Morgan fingerprint density at radius 2 is 1.85 bits per heavy atom. The third-order valence-electron chi connectivity index (χ3n) is 4.20. The lowest BCUT2D eigenvalue weighted by Gasteiger charge is -2.26. The van der Waals surface area contributed by atoms with E-state index in [0.717, 1.165) is 11.3 Å². The molecule has 0 saturated heterocycles. The highest BCUT2D eigenvalue weighted by Gasteiger charge is 2.35. The fourth-order valence-electron chi connectivity index (χ4n) is 2.84. The number of fused-ring (bicyclic) bond motifs is 1. The fourth-order valence-corrected chi connectivity index (χ4v) is 3.96. The average molecular weight is 394 g/mol. The largest absolute Gasteiger partial charge is 0.464 e. The minimum atomic E-state index is -1.22. The van der Waals surface area contributed by atoms with Gasteiger partial charge in [-0.2, -0.15) is 0 Å². The predicted molar refractivity (Wildman–Crippen MR) is 104 cm³/mol. The molecule has 2 aromatic rings. The number of carbonyl (C=O) groups excluding carboxylic acids is 2. The van der Waals surface area contributed by atoms with Gasteiger partial charge in [0.25, 0.3) is 5.56 Å². The van der Waals surface area contributed by atoms with Crippen LogP contribution in [-0.4, -0.2) is 34.7 Å². The van der Waals surface area contributed by atoms with E-state index in [2.05, 4.69) is 4.98 Å². The third kappa shape index (κ3) is 3.90. The van der Waals surface area contributed by atoms with E-state index < -0.39 is 17.5 Å². The van der Waals surface area contributed by atoms with Gasteiger partial charge >= 0.3 is 11.9 Å². The van der Waals surface area contributed by atoms with E-state index in [1.54, 1.807) is 34.6 Å². The summed E-state index contributed by atoms with van der Waals surface area (Å²) >= 11 is 1.13. The van der Waals surface area contributed by atoms with Crippen molar-refractivity contribution < 1.29 is 19.1 Å². The zero-order chi connectivity index (χ0) is 20.5. The quantitative estimate of drug-likeness (QED) is 0.699. The molecule has 148 valence electrons. The van der Waals surface area contributed by atoms with Crippen LogP contribution in [0.1, 0.15) is 55.7 Å². The summed E-state index contributed by atoms with van der Waals surface area (Å²) in [6.45, 7) is 12.7. The predicted octanol–water partition coefficient (Wildman–Crippen LogP) is 3.19. The van der Waals surface area contributed by atoms with Gasteiger partial charge in [0.1, 0.15) is 21.1 Å². The van der Waals surface area contributed by atoms with Gasteiger partial charge < -0.3 is 9.47 Å². The number of hydrogen-bond acceptors (Lipinski definition) is 7. The summed E-state index contributed by atoms with van der Waals surface area (Å²) in [5.41, 5.74) is -1.06. The van der Waals surface area contributed by atoms with Crippen LogP contribution in [0.15, 0.2) is 4.79 Å². The van der Waals surface area contributed by atoms with E-state index in [4.69, 9.17) is 9.47 Å². The van der Waals surface area contributed by atoms with E-state index in [9.17, 15) is 14.4 Å². The number of carbonyl (C=O) groups is 2. The van der Waals surface area contributed by atoms with Gasteiger partial charge in [0, 0.05) is 0 Å². The summed E-state index contributed by atoms with van der Waals surface area (Å²) < 4.78 is 11.7. The van der Waals surface area contributed by atoms with Crippen molar-refractivity contribution in [1.82, 2.24) is 9.55 Å². The van der Waals surface area contributed by atoms with Crippen LogP contribution in [0.3, 0.4) is 0 Å². The molecule has 0 fully saturated rings. The highest BCUT2D eigenvalue weighted by Crippen LogP contribution is 2.29. The molecule has 0 aliphatic rings. The summed E-state index contributed by atoms with van der Waals surface area (Å²) in [6.07, 6.45) is 0. The maximum absolute atomic E-state index is 13.2. The average Bonchev–Trinajstić information content (AvgIpc) is 2.89. The monoisotopic (exact) mass is 394 g/mol. The summed E-state index contributed by atoms with van der Waals surface area (Å²) in [5.74, 6) is -0.376. The number of nitrogens with zero attached hydrogens (tertiary/aromatic N) is 2. The zero-order valence-electron chi connectivity index (χ0n) is 16.8. The van der Waals surface area contributed by atoms with Gasteiger partial charge in [0.2, 0.25) is 0 Å². The summed E-state index contributed by atoms with van der Waals surface area (Å²) in [6, 6.07) is 0. The number of hydrogen-bond donors (Lipinski definition) is 0. The van der Waals surface area contributed by atoms with Crippen molar-refractivity contribution in [2.45, 2.75) is 54.0 Å². The molecule has 0 bridgehead atoms. The van der Waals surface area contributed by atoms with Crippen molar-refractivity contribution in [1.29, 1.82) is 0 Å². The van der Waals surface area contributed by atoms with E-state index in [1.807, 2.05) is 13.8 Å². The van der Waals surface area contributed by atoms with Gasteiger partial charge in [-0.15, -0.1) is 11.3 Å². The van der Waals surface area contributed by atoms with Crippen molar-refractivity contribution in [3.8, 4) is 0 Å². The molecule has 2 aromatic heterocycles. The minimum Gasteiger partial charge on any atom is -0.464 e. The summed E-state index contributed by atoms with van der Waals surface area (Å²) in [5, 5.41) is 0.333. The van der Waals surface area contributed by atoms with E-state index >= 15 is 0 Å². The Balaban J connectivity index is 2.62. The van der Waals surface area contributed by atoms with Crippen LogP contribution in [0, 0.1) is 19.8 Å². The molecule has 0 spiro atoms. The molecule has 0 atom stereocenters. The number of ether oxygens (including phenoxy) is 2. The van der Waals surface area contributed by atoms with Crippen molar-refractivity contribution in [2.24, 2.45) is 5.92 Å². The maximum atomic E-state index is 13.2. The molecular formula is C19H26N2O5S. The maximum Gasteiger partial charge on any atom is 0.348 e. The Labute approximate surface area is 162 Å². The first kappa shape index (κ1) is 21.1. The topological polar surface area (TPSA) is 87.5 Å². The number of aryl methyl sites for hydroxylation is 2. The number of thiophene rings is 1. The van der Waals surface area contributed by atoms with Crippen LogP contribution in [0.2, 0.25) is 0 Å². The molecule has 0 aromatic carbocycles. The Bertz CT molecular complexity index is 940. The van der Waals surface area contributed by atoms with Crippen molar-refractivity contribution >= 4 is 33.5 Å². The molecule has 2 rings (SSSR count). The third-order valence-corrected chi connectivity index (χ3v) is 5.36.